The fourth-order valence-electron chi connectivity index (χ4n) is 3.01. The molecule has 1 fully saturated rings. The summed E-state index contributed by atoms with van der Waals surface area (Å²) in [4.78, 5) is 17.2. The molecule has 2 heterocycles. The van der Waals surface area contributed by atoms with Gasteiger partial charge in [0.2, 0.25) is 5.91 Å². The SMILES string of the molecule is CC(NC(=O)C1(c2ccccc2Cl)CCOCC1)c1ncn[nH]1. The molecule has 0 aliphatic carbocycles. The summed E-state index contributed by atoms with van der Waals surface area (Å²) in [6.07, 6.45) is 2.63. The summed E-state index contributed by atoms with van der Waals surface area (Å²) in [6, 6.07) is 7.26. The molecule has 1 aliphatic heterocycles. The first-order valence-electron chi connectivity index (χ1n) is 7.62. The Morgan fingerprint density at radius 3 is 2.78 bits per heavy atom. The van der Waals surface area contributed by atoms with Gasteiger partial charge < -0.3 is 10.1 Å². The van der Waals surface area contributed by atoms with E-state index >= 15 is 0 Å². The van der Waals surface area contributed by atoms with E-state index in [2.05, 4.69) is 20.5 Å². The number of nitrogens with one attached hydrogen (secondary N) is 2. The van der Waals surface area contributed by atoms with Crippen molar-refractivity contribution in [3.8, 4) is 0 Å². The van der Waals surface area contributed by atoms with Gasteiger partial charge in [-0.05, 0) is 31.4 Å². The highest BCUT2D eigenvalue weighted by Crippen LogP contribution is 2.39. The zero-order valence-electron chi connectivity index (χ0n) is 12.9. The van der Waals surface area contributed by atoms with Crippen molar-refractivity contribution in [2.45, 2.75) is 31.2 Å². The maximum Gasteiger partial charge on any atom is 0.231 e. The highest BCUT2D eigenvalue weighted by molar-refractivity contribution is 6.31. The molecule has 1 atom stereocenters. The molecule has 1 amide bonds. The van der Waals surface area contributed by atoms with Gasteiger partial charge >= 0.3 is 0 Å². The number of hydrogen-bond donors (Lipinski definition) is 2. The fraction of sp³-hybridized carbons (Fsp3) is 0.438. The van der Waals surface area contributed by atoms with Gasteiger partial charge in [0.1, 0.15) is 12.2 Å². The van der Waals surface area contributed by atoms with Crippen molar-refractivity contribution in [2.24, 2.45) is 0 Å². The number of aromatic nitrogens is 3. The van der Waals surface area contributed by atoms with Gasteiger partial charge in [0, 0.05) is 18.2 Å². The van der Waals surface area contributed by atoms with Crippen LogP contribution in [0.15, 0.2) is 30.6 Å². The number of hydrogen-bond acceptors (Lipinski definition) is 4. The largest absolute Gasteiger partial charge is 0.381 e. The zero-order chi connectivity index (χ0) is 16.3. The van der Waals surface area contributed by atoms with Gasteiger partial charge in [0.05, 0.1) is 11.5 Å². The maximum atomic E-state index is 13.1. The first kappa shape index (κ1) is 16.0. The van der Waals surface area contributed by atoms with E-state index in [4.69, 9.17) is 16.3 Å². The van der Waals surface area contributed by atoms with Crippen molar-refractivity contribution < 1.29 is 9.53 Å². The number of aromatic amines is 1. The van der Waals surface area contributed by atoms with Crippen molar-refractivity contribution in [2.75, 3.05) is 13.2 Å². The number of rotatable bonds is 4. The van der Waals surface area contributed by atoms with Gasteiger partial charge in [0.25, 0.3) is 0 Å². The standard InChI is InChI=1S/C16H19ClN4O2/c1-11(14-18-10-19-21-14)20-15(22)16(6-8-23-9-7-16)12-4-2-3-5-13(12)17/h2-5,10-11H,6-9H2,1H3,(H,20,22)(H,18,19,21). The Morgan fingerprint density at radius 2 is 2.13 bits per heavy atom. The molecule has 0 radical (unpaired) electrons. The van der Waals surface area contributed by atoms with E-state index in [1.165, 1.54) is 6.33 Å². The second kappa shape index (κ2) is 6.68. The highest BCUT2D eigenvalue weighted by atomic mass is 35.5. The molecule has 0 bridgehead atoms. The topological polar surface area (TPSA) is 79.9 Å². The first-order valence-corrected chi connectivity index (χ1v) is 8.00. The van der Waals surface area contributed by atoms with Crippen molar-refractivity contribution in [1.29, 1.82) is 0 Å². The molecule has 1 unspecified atom stereocenters. The Morgan fingerprint density at radius 1 is 1.39 bits per heavy atom. The fourth-order valence-corrected chi connectivity index (χ4v) is 3.33. The normalized spacial score (nSPS) is 18.3. The lowest BCUT2D eigenvalue weighted by atomic mass is 9.73. The molecule has 122 valence electrons. The van der Waals surface area contributed by atoms with Gasteiger partial charge in [-0.2, -0.15) is 5.10 Å². The van der Waals surface area contributed by atoms with Crippen LogP contribution in [0.25, 0.3) is 0 Å². The van der Waals surface area contributed by atoms with Crippen LogP contribution in [0.4, 0.5) is 0 Å². The number of amides is 1. The summed E-state index contributed by atoms with van der Waals surface area (Å²) >= 11 is 6.38. The van der Waals surface area contributed by atoms with Gasteiger partial charge in [-0.25, -0.2) is 4.98 Å². The van der Waals surface area contributed by atoms with Crippen LogP contribution in [-0.4, -0.2) is 34.3 Å². The van der Waals surface area contributed by atoms with E-state index in [9.17, 15) is 4.79 Å². The monoisotopic (exact) mass is 334 g/mol. The van der Waals surface area contributed by atoms with E-state index in [1.807, 2.05) is 31.2 Å². The number of ether oxygens (including phenoxy) is 1. The van der Waals surface area contributed by atoms with Crippen molar-refractivity contribution in [1.82, 2.24) is 20.5 Å². The number of benzene rings is 1. The van der Waals surface area contributed by atoms with E-state index in [-0.39, 0.29) is 11.9 Å². The van der Waals surface area contributed by atoms with Gasteiger partial charge in [0.15, 0.2) is 0 Å². The summed E-state index contributed by atoms with van der Waals surface area (Å²) < 4.78 is 5.46. The molecule has 0 saturated carbocycles. The Kier molecular flexibility index (Phi) is 4.63. The van der Waals surface area contributed by atoms with Crippen LogP contribution in [0.2, 0.25) is 5.02 Å². The van der Waals surface area contributed by atoms with Gasteiger partial charge in [-0.3, -0.25) is 9.89 Å². The lowest BCUT2D eigenvalue weighted by Crippen LogP contribution is -2.49. The number of halogens is 1. The molecule has 7 heteroatoms. The predicted octanol–water partition coefficient (Wildman–Crippen LogP) is 2.38. The molecule has 0 spiro atoms. The van der Waals surface area contributed by atoms with Crippen LogP contribution in [0.3, 0.4) is 0 Å². The third kappa shape index (κ3) is 3.09. The van der Waals surface area contributed by atoms with Crippen LogP contribution in [0, 0.1) is 0 Å². The molecule has 6 nitrogen and oxygen atoms in total. The zero-order valence-corrected chi connectivity index (χ0v) is 13.6. The summed E-state index contributed by atoms with van der Waals surface area (Å²) in [6.45, 7) is 2.95. The summed E-state index contributed by atoms with van der Waals surface area (Å²) in [7, 11) is 0. The minimum Gasteiger partial charge on any atom is -0.381 e. The summed E-state index contributed by atoms with van der Waals surface area (Å²) in [5, 5.41) is 10.2. The Labute approximate surface area is 139 Å². The second-order valence-electron chi connectivity index (χ2n) is 5.74. The molecule has 2 N–H and O–H groups in total. The number of nitrogens with zero attached hydrogens (tertiary/aromatic N) is 2. The third-order valence-corrected chi connectivity index (χ3v) is 4.69. The predicted molar refractivity (Wildman–Crippen MR) is 86.1 cm³/mol. The average Bonchev–Trinajstić information content (AvgIpc) is 3.10. The van der Waals surface area contributed by atoms with Crippen molar-refractivity contribution in [3.63, 3.8) is 0 Å². The van der Waals surface area contributed by atoms with Crippen LogP contribution in [0.1, 0.15) is 37.2 Å². The Bertz CT molecular complexity index is 668. The lowest BCUT2D eigenvalue weighted by molar-refractivity contribution is -0.131. The van der Waals surface area contributed by atoms with Crippen LogP contribution >= 0.6 is 11.6 Å². The first-order chi connectivity index (χ1) is 11.1. The van der Waals surface area contributed by atoms with Crippen LogP contribution < -0.4 is 5.32 Å². The number of H-pyrrole nitrogens is 1. The Balaban J connectivity index is 1.90. The van der Waals surface area contributed by atoms with Crippen molar-refractivity contribution >= 4 is 17.5 Å². The molecule has 1 aromatic carbocycles. The molecular weight excluding hydrogens is 316 g/mol. The Hall–Kier alpha value is -1.92. The van der Waals surface area contributed by atoms with Gasteiger partial charge in [-0.15, -0.1) is 0 Å². The van der Waals surface area contributed by atoms with E-state index < -0.39 is 5.41 Å². The summed E-state index contributed by atoms with van der Waals surface area (Å²) in [5.74, 6) is 0.567. The maximum absolute atomic E-state index is 13.1. The minimum atomic E-state index is -0.676. The molecule has 1 aliphatic rings. The molecular formula is C16H19ClN4O2. The molecule has 2 aromatic rings. The van der Waals surface area contributed by atoms with Crippen LogP contribution in [0.5, 0.6) is 0 Å². The average molecular weight is 335 g/mol. The lowest BCUT2D eigenvalue weighted by Gasteiger charge is -2.37. The van der Waals surface area contributed by atoms with E-state index in [0.29, 0.717) is 36.9 Å². The summed E-state index contributed by atoms with van der Waals surface area (Å²) in [5.41, 5.74) is 0.178. The van der Waals surface area contributed by atoms with E-state index in [0.717, 1.165) is 5.56 Å². The molecule has 1 aromatic heterocycles. The molecule has 1 saturated heterocycles. The molecule has 3 rings (SSSR count). The number of carbonyl (C=O) groups excluding carboxylic acids is 1. The highest BCUT2D eigenvalue weighted by Gasteiger charge is 2.43. The number of carbonyl (C=O) groups is 1. The third-order valence-electron chi connectivity index (χ3n) is 4.36. The smallest absolute Gasteiger partial charge is 0.231 e. The minimum absolute atomic E-state index is 0.0576. The van der Waals surface area contributed by atoms with E-state index in [1.54, 1.807) is 0 Å². The second-order valence-corrected chi connectivity index (χ2v) is 6.15. The van der Waals surface area contributed by atoms with Gasteiger partial charge in [-0.1, -0.05) is 29.8 Å². The van der Waals surface area contributed by atoms with Crippen LogP contribution in [-0.2, 0) is 14.9 Å². The quantitative estimate of drug-likeness (QED) is 0.899. The van der Waals surface area contributed by atoms with Crippen molar-refractivity contribution in [3.05, 3.63) is 47.0 Å². The molecule has 23 heavy (non-hydrogen) atoms.